The van der Waals surface area contributed by atoms with Crippen molar-refractivity contribution in [2.75, 3.05) is 4.72 Å². The van der Waals surface area contributed by atoms with Crippen LogP contribution in [0.5, 0.6) is 0 Å². The van der Waals surface area contributed by atoms with Gasteiger partial charge >= 0.3 is 0 Å². The van der Waals surface area contributed by atoms with Gasteiger partial charge in [0.1, 0.15) is 17.7 Å². The fourth-order valence-electron chi connectivity index (χ4n) is 1.54. The molecule has 0 radical (unpaired) electrons. The minimum absolute atomic E-state index is 0.190. The Balaban J connectivity index is 2.42. The lowest BCUT2D eigenvalue weighted by Crippen LogP contribution is -2.15. The zero-order valence-electron chi connectivity index (χ0n) is 10.5. The number of anilines is 1. The van der Waals surface area contributed by atoms with Crippen LogP contribution in [0.4, 0.5) is 10.2 Å². The lowest BCUT2D eigenvalue weighted by Gasteiger charge is -2.09. The van der Waals surface area contributed by atoms with Gasteiger partial charge in [-0.2, -0.15) is 5.26 Å². The number of benzene rings is 1. The monoisotopic (exact) mass is 291 g/mol. The normalized spacial score (nSPS) is 10.8. The van der Waals surface area contributed by atoms with Crippen LogP contribution >= 0.6 is 0 Å². The Morgan fingerprint density at radius 3 is 2.75 bits per heavy atom. The molecule has 0 aliphatic rings. The number of hydrogen-bond donors (Lipinski definition) is 1. The summed E-state index contributed by atoms with van der Waals surface area (Å²) in [7, 11) is -3.92. The highest BCUT2D eigenvalue weighted by atomic mass is 32.2. The number of aryl methyl sites for hydroxylation is 1. The third kappa shape index (κ3) is 2.75. The first-order chi connectivity index (χ1) is 9.44. The quantitative estimate of drug-likeness (QED) is 0.939. The standard InChI is InChI=1S/C13H10FN3O2S/c1-9-3-2-6-16-13(9)17-20(18,19)11-4-5-12(14)10(7-11)8-15/h2-7H,1H3,(H,16,17). The average Bonchev–Trinajstić information content (AvgIpc) is 2.41. The molecule has 0 fully saturated rings. The van der Waals surface area contributed by atoms with Crippen molar-refractivity contribution in [3.8, 4) is 6.07 Å². The molecule has 5 nitrogen and oxygen atoms in total. The lowest BCUT2D eigenvalue weighted by atomic mass is 10.2. The Morgan fingerprint density at radius 1 is 1.35 bits per heavy atom. The van der Waals surface area contributed by atoms with E-state index in [4.69, 9.17) is 5.26 Å². The van der Waals surface area contributed by atoms with Gasteiger partial charge in [-0.15, -0.1) is 0 Å². The Hall–Kier alpha value is -2.46. The number of nitriles is 1. The molecule has 1 N–H and O–H groups in total. The number of rotatable bonds is 3. The van der Waals surface area contributed by atoms with Crippen molar-refractivity contribution in [1.29, 1.82) is 5.26 Å². The molecule has 0 aliphatic carbocycles. The summed E-state index contributed by atoms with van der Waals surface area (Å²) in [6.07, 6.45) is 1.45. The number of pyridine rings is 1. The molecule has 0 atom stereocenters. The summed E-state index contributed by atoms with van der Waals surface area (Å²) in [5.41, 5.74) is 0.323. The molecule has 2 rings (SSSR count). The topological polar surface area (TPSA) is 82.8 Å². The molecular formula is C13H10FN3O2S. The van der Waals surface area contributed by atoms with Crippen molar-refractivity contribution < 1.29 is 12.8 Å². The zero-order valence-corrected chi connectivity index (χ0v) is 11.3. The second-order valence-corrected chi connectivity index (χ2v) is 5.71. The fourth-order valence-corrected chi connectivity index (χ4v) is 2.64. The summed E-state index contributed by atoms with van der Waals surface area (Å²) in [5, 5.41) is 8.72. The second-order valence-electron chi connectivity index (χ2n) is 4.03. The highest BCUT2D eigenvalue weighted by Crippen LogP contribution is 2.19. The molecule has 102 valence electrons. The van der Waals surface area contributed by atoms with Gasteiger partial charge in [0.2, 0.25) is 0 Å². The summed E-state index contributed by atoms with van der Waals surface area (Å²) in [5.74, 6) is -0.573. The molecule has 20 heavy (non-hydrogen) atoms. The van der Waals surface area contributed by atoms with Crippen LogP contribution < -0.4 is 4.72 Å². The Labute approximate surface area is 115 Å². The predicted octanol–water partition coefficient (Wildman–Crippen LogP) is 2.20. The summed E-state index contributed by atoms with van der Waals surface area (Å²) in [4.78, 5) is 3.73. The van der Waals surface area contributed by atoms with Gasteiger partial charge in [-0.05, 0) is 36.8 Å². The van der Waals surface area contributed by atoms with E-state index in [-0.39, 0.29) is 16.3 Å². The minimum Gasteiger partial charge on any atom is -0.263 e. The molecule has 7 heteroatoms. The number of hydrogen-bond acceptors (Lipinski definition) is 4. The van der Waals surface area contributed by atoms with Gasteiger partial charge in [0.05, 0.1) is 10.5 Å². The maximum Gasteiger partial charge on any atom is 0.263 e. The van der Waals surface area contributed by atoms with Gasteiger partial charge in [-0.3, -0.25) is 4.72 Å². The summed E-state index contributed by atoms with van der Waals surface area (Å²) >= 11 is 0. The third-order valence-electron chi connectivity index (χ3n) is 2.61. The predicted molar refractivity (Wildman–Crippen MR) is 70.9 cm³/mol. The van der Waals surface area contributed by atoms with Gasteiger partial charge in [0.15, 0.2) is 0 Å². The second kappa shape index (κ2) is 5.27. The maximum atomic E-state index is 13.2. The molecule has 1 aromatic carbocycles. The molecule has 1 aromatic heterocycles. The molecule has 0 aliphatic heterocycles. The first-order valence-electron chi connectivity index (χ1n) is 5.58. The molecule has 1 heterocycles. The van der Waals surface area contributed by atoms with Gasteiger partial charge in [-0.25, -0.2) is 17.8 Å². The Kier molecular flexibility index (Phi) is 3.68. The first kappa shape index (κ1) is 14.0. The number of nitrogens with one attached hydrogen (secondary N) is 1. The first-order valence-corrected chi connectivity index (χ1v) is 7.06. The highest BCUT2D eigenvalue weighted by Gasteiger charge is 2.17. The van der Waals surface area contributed by atoms with E-state index in [1.807, 2.05) is 0 Å². The number of sulfonamides is 1. The molecule has 0 amide bonds. The van der Waals surface area contributed by atoms with Crippen LogP contribution in [0.2, 0.25) is 0 Å². The van der Waals surface area contributed by atoms with Gasteiger partial charge in [-0.1, -0.05) is 6.07 Å². The maximum absolute atomic E-state index is 13.2. The van der Waals surface area contributed by atoms with Crippen molar-refractivity contribution in [1.82, 2.24) is 4.98 Å². The molecule has 0 bridgehead atoms. The molecular weight excluding hydrogens is 281 g/mol. The Morgan fingerprint density at radius 2 is 2.10 bits per heavy atom. The van der Waals surface area contributed by atoms with E-state index in [1.54, 1.807) is 25.1 Å². The minimum atomic E-state index is -3.92. The van der Waals surface area contributed by atoms with E-state index in [1.165, 1.54) is 6.20 Å². The lowest BCUT2D eigenvalue weighted by molar-refractivity contribution is 0.599. The van der Waals surface area contributed by atoms with Crippen molar-refractivity contribution in [3.05, 3.63) is 53.5 Å². The molecule has 0 saturated carbocycles. The molecule has 0 unspecified atom stereocenters. The van der Waals surface area contributed by atoms with Crippen molar-refractivity contribution in [3.63, 3.8) is 0 Å². The van der Waals surface area contributed by atoms with Crippen molar-refractivity contribution in [2.24, 2.45) is 0 Å². The van der Waals surface area contributed by atoms with E-state index < -0.39 is 15.8 Å². The smallest absolute Gasteiger partial charge is 0.263 e. The van der Waals surface area contributed by atoms with Crippen LogP contribution in [-0.2, 0) is 10.0 Å². The van der Waals surface area contributed by atoms with E-state index in [0.29, 0.717) is 5.56 Å². The van der Waals surface area contributed by atoms with Crippen molar-refractivity contribution in [2.45, 2.75) is 11.8 Å². The van der Waals surface area contributed by atoms with Crippen LogP contribution in [0.3, 0.4) is 0 Å². The van der Waals surface area contributed by atoms with Crippen LogP contribution in [0, 0.1) is 24.1 Å². The highest BCUT2D eigenvalue weighted by molar-refractivity contribution is 7.92. The Bertz CT molecular complexity index is 798. The SMILES string of the molecule is Cc1cccnc1NS(=O)(=O)c1ccc(F)c(C#N)c1. The number of halogens is 1. The summed E-state index contributed by atoms with van der Waals surface area (Å²) in [6, 6.07) is 8.00. The van der Waals surface area contributed by atoms with Crippen LogP contribution in [0.15, 0.2) is 41.4 Å². The van der Waals surface area contributed by atoms with Crippen LogP contribution in [-0.4, -0.2) is 13.4 Å². The van der Waals surface area contributed by atoms with E-state index in [0.717, 1.165) is 18.2 Å². The van der Waals surface area contributed by atoms with Crippen molar-refractivity contribution >= 4 is 15.8 Å². The summed E-state index contributed by atoms with van der Waals surface area (Å²) < 4.78 is 39.8. The average molecular weight is 291 g/mol. The molecule has 0 spiro atoms. The van der Waals surface area contributed by atoms with Crippen LogP contribution in [0.25, 0.3) is 0 Å². The summed E-state index contributed by atoms with van der Waals surface area (Å²) in [6.45, 7) is 1.70. The number of aromatic nitrogens is 1. The molecule has 0 saturated heterocycles. The number of nitrogens with zero attached hydrogens (tertiary/aromatic N) is 2. The van der Waals surface area contributed by atoms with Crippen LogP contribution in [0.1, 0.15) is 11.1 Å². The third-order valence-corrected chi connectivity index (χ3v) is 3.95. The van der Waals surface area contributed by atoms with Gasteiger partial charge in [0, 0.05) is 6.20 Å². The van der Waals surface area contributed by atoms with Gasteiger partial charge in [0.25, 0.3) is 10.0 Å². The van der Waals surface area contributed by atoms with E-state index >= 15 is 0 Å². The van der Waals surface area contributed by atoms with E-state index in [9.17, 15) is 12.8 Å². The zero-order chi connectivity index (χ0) is 14.8. The van der Waals surface area contributed by atoms with E-state index in [2.05, 4.69) is 9.71 Å². The fraction of sp³-hybridized carbons (Fsp3) is 0.0769. The molecule has 2 aromatic rings. The largest absolute Gasteiger partial charge is 0.263 e. The van der Waals surface area contributed by atoms with Gasteiger partial charge < -0.3 is 0 Å².